The first kappa shape index (κ1) is 17.0. The van der Waals surface area contributed by atoms with Crippen LogP contribution in [0, 0.1) is 0 Å². The van der Waals surface area contributed by atoms with E-state index in [9.17, 15) is 8.42 Å². The fourth-order valence-electron chi connectivity index (χ4n) is 2.59. The second kappa shape index (κ2) is 6.55. The number of sulfone groups is 1. The molecule has 7 heteroatoms. The molecule has 5 nitrogen and oxygen atoms in total. The van der Waals surface area contributed by atoms with Crippen LogP contribution in [-0.2, 0) is 16.4 Å². The molecule has 0 N–H and O–H groups in total. The van der Waals surface area contributed by atoms with Crippen molar-refractivity contribution in [1.82, 2.24) is 14.5 Å². The normalized spacial score (nSPS) is 12.2. The number of benzene rings is 1. The van der Waals surface area contributed by atoms with E-state index in [4.69, 9.17) is 11.6 Å². The van der Waals surface area contributed by atoms with Gasteiger partial charge in [0, 0.05) is 30.9 Å². The predicted octanol–water partition coefficient (Wildman–Crippen LogP) is 3.08. The van der Waals surface area contributed by atoms with Gasteiger partial charge in [-0.15, -0.1) is 0 Å². The SMILES string of the molecule is CN(C)CCn1cc(S(=O)(=O)c2ccccc2)c2c(Cl)cncc21. The van der Waals surface area contributed by atoms with Gasteiger partial charge >= 0.3 is 0 Å². The third-order valence-electron chi connectivity index (χ3n) is 3.84. The Labute approximate surface area is 146 Å². The summed E-state index contributed by atoms with van der Waals surface area (Å²) in [6.07, 6.45) is 4.79. The van der Waals surface area contributed by atoms with Crippen LogP contribution in [-0.4, -0.2) is 43.5 Å². The lowest BCUT2D eigenvalue weighted by atomic mass is 10.3. The van der Waals surface area contributed by atoms with Crippen LogP contribution in [0.5, 0.6) is 0 Å². The second-order valence-corrected chi connectivity index (χ2v) is 8.15. The van der Waals surface area contributed by atoms with Crippen LogP contribution in [0.25, 0.3) is 10.9 Å². The first-order valence-electron chi connectivity index (χ1n) is 7.48. The third-order valence-corrected chi connectivity index (χ3v) is 5.91. The first-order chi connectivity index (χ1) is 11.4. The summed E-state index contributed by atoms with van der Waals surface area (Å²) in [6, 6.07) is 8.39. The summed E-state index contributed by atoms with van der Waals surface area (Å²) >= 11 is 6.28. The van der Waals surface area contributed by atoms with E-state index in [2.05, 4.69) is 4.98 Å². The highest BCUT2D eigenvalue weighted by atomic mass is 35.5. The smallest absolute Gasteiger partial charge is 0.208 e. The molecule has 0 radical (unpaired) electrons. The maximum Gasteiger partial charge on any atom is 0.208 e. The lowest BCUT2D eigenvalue weighted by Crippen LogP contribution is -2.18. The van der Waals surface area contributed by atoms with Crippen molar-refractivity contribution in [2.45, 2.75) is 16.3 Å². The van der Waals surface area contributed by atoms with E-state index in [0.29, 0.717) is 17.0 Å². The number of halogens is 1. The quantitative estimate of drug-likeness (QED) is 0.699. The minimum absolute atomic E-state index is 0.217. The average molecular weight is 364 g/mol. The van der Waals surface area contributed by atoms with E-state index in [1.807, 2.05) is 23.6 Å². The fourth-order valence-corrected chi connectivity index (χ4v) is 4.41. The molecule has 24 heavy (non-hydrogen) atoms. The molecule has 3 aromatic rings. The molecule has 1 aromatic carbocycles. The first-order valence-corrected chi connectivity index (χ1v) is 9.34. The molecule has 0 aliphatic heterocycles. The van der Waals surface area contributed by atoms with Crippen molar-refractivity contribution in [2.24, 2.45) is 0 Å². The largest absolute Gasteiger partial charge is 0.344 e. The molecule has 0 bridgehead atoms. The Kier molecular flexibility index (Phi) is 4.62. The number of fused-ring (bicyclic) bond motifs is 1. The van der Waals surface area contributed by atoms with Crippen molar-refractivity contribution >= 4 is 32.3 Å². The number of aromatic nitrogens is 2. The van der Waals surface area contributed by atoms with Crippen LogP contribution in [0.3, 0.4) is 0 Å². The van der Waals surface area contributed by atoms with Gasteiger partial charge in [-0.05, 0) is 26.2 Å². The number of pyridine rings is 1. The van der Waals surface area contributed by atoms with Crippen LogP contribution in [0.1, 0.15) is 0 Å². The predicted molar refractivity (Wildman–Crippen MR) is 95.2 cm³/mol. The molecule has 2 aromatic heterocycles. The summed E-state index contributed by atoms with van der Waals surface area (Å²) in [5, 5.41) is 0.861. The molecule has 0 saturated heterocycles. The van der Waals surface area contributed by atoms with Gasteiger partial charge in [-0.3, -0.25) is 4.98 Å². The molecule has 0 atom stereocenters. The van der Waals surface area contributed by atoms with E-state index >= 15 is 0 Å². The molecule has 0 aliphatic carbocycles. The number of hydrogen-bond acceptors (Lipinski definition) is 4. The average Bonchev–Trinajstić information content (AvgIpc) is 2.95. The monoisotopic (exact) mass is 363 g/mol. The van der Waals surface area contributed by atoms with E-state index in [0.717, 1.165) is 12.1 Å². The van der Waals surface area contributed by atoms with Gasteiger partial charge in [-0.1, -0.05) is 29.8 Å². The molecular formula is C17H18ClN3O2S. The molecule has 0 fully saturated rings. The van der Waals surface area contributed by atoms with Gasteiger partial charge in [0.05, 0.1) is 26.5 Å². The standard InChI is InChI=1S/C17H18ClN3O2S/c1-20(2)8-9-21-12-16(17-14(18)10-19-11-15(17)21)24(22,23)13-6-4-3-5-7-13/h3-7,10-12H,8-9H2,1-2H3. The van der Waals surface area contributed by atoms with Gasteiger partial charge in [0.2, 0.25) is 9.84 Å². The molecule has 0 unspecified atom stereocenters. The van der Waals surface area contributed by atoms with Crippen molar-refractivity contribution in [3.8, 4) is 0 Å². The highest BCUT2D eigenvalue weighted by molar-refractivity contribution is 7.91. The molecule has 0 spiro atoms. The highest BCUT2D eigenvalue weighted by Crippen LogP contribution is 2.34. The molecular weight excluding hydrogens is 346 g/mol. The van der Waals surface area contributed by atoms with E-state index in [1.54, 1.807) is 42.7 Å². The molecule has 3 rings (SSSR count). The van der Waals surface area contributed by atoms with Gasteiger partial charge in [0.1, 0.15) is 0 Å². The molecule has 126 valence electrons. The lowest BCUT2D eigenvalue weighted by molar-refractivity contribution is 0.386. The van der Waals surface area contributed by atoms with Crippen LogP contribution in [0.2, 0.25) is 5.02 Å². The zero-order chi connectivity index (χ0) is 17.3. The fraction of sp³-hybridized carbons (Fsp3) is 0.235. The van der Waals surface area contributed by atoms with E-state index < -0.39 is 9.84 Å². The van der Waals surface area contributed by atoms with Crippen LogP contribution in [0.15, 0.2) is 58.7 Å². The summed E-state index contributed by atoms with van der Waals surface area (Å²) in [5.41, 5.74) is 0.721. The number of likely N-dealkylation sites (N-methyl/N-ethyl adjacent to an activating group) is 1. The van der Waals surface area contributed by atoms with Crippen molar-refractivity contribution in [3.63, 3.8) is 0 Å². The van der Waals surface area contributed by atoms with Crippen LogP contribution < -0.4 is 0 Å². The van der Waals surface area contributed by atoms with E-state index in [-0.39, 0.29) is 9.79 Å². The topological polar surface area (TPSA) is 55.2 Å². The molecule has 0 saturated carbocycles. The number of hydrogen-bond donors (Lipinski definition) is 0. The van der Waals surface area contributed by atoms with Gasteiger partial charge < -0.3 is 9.47 Å². The Balaban J connectivity index is 2.21. The summed E-state index contributed by atoms with van der Waals surface area (Å²) in [6.45, 7) is 1.43. The van der Waals surface area contributed by atoms with Crippen molar-refractivity contribution < 1.29 is 8.42 Å². The number of rotatable bonds is 5. The van der Waals surface area contributed by atoms with Crippen LogP contribution in [0.4, 0.5) is 0 Å². The minimum atomic E-state index is -3.65. The van der Waals surface area contributed by atoms with Gasteiger partial charge in [-0.25, -0.2) is 8.42 Å². The number of nitrogens with zero attached hydrogens (tertiary/aromatic N) is 3. The van der Waals surface area contributed by atoms with Gasteiger partial charge in [0.25, 0.3) is 0 Å². The minimum Gasteiger partial charge on any atom is -0.344 e. The highest BCUT2D eigenvalue weighted by Gasteiger charge is 2.25. The summed E-state index contributed by atoms with van der Waals surface area (Å²) in [7, 11) is 0.289. The Morgan fingerprint density at radius 3 is 2.54 bits per heavy atom. The second-order valence-electron chi connectivity index (χ2n) is 5.82. The molecule has 0 amide bonds. The summed E-state index contributed by atoms with van der Waals surface area (Å²) in [4.78, 5) is 6.62. The Morgan fingerprint density at radius 2 is 1.88 bits per heavy atom. The van der Waals surface area contributed by atoms with Crippen molar-refractivity contribution in [3.05, 3.63) is 53.9 Å². The lowest BCUT2D eigenvalue weighted by Gasteiger charge is -2.10. The van der Waals surface area contributed by atoms with E-state index in [1.165, 1.54) is 6.20 Å². The molecule has 0 aliphatic rings. The zero-order valence-electron chi connectivity index (χ0n) is 13.5. The maximum atomic E-state index is 13.0. The van der Waals surface area contributed by atoms with Gasteiger partial charge in [-0.2, -0.15) is 0 Å². The summed E-state index contributed by atoms with van der Waals surface area (Å²) < 4.78 is 28.0. The Hall–Kier alpha value is -1.89. The van der Waals surface area contributed by atoms with Crippen molar-refractivity contribution in [1.29, 1.82) is 0 Å². The molecule has 2 heterocycles. The van der Waals surface area contributed by atoms with Gasteiger partial charge in [0.15, 0.2) is 0 Å². The Bertz CT molecular complexity index is 966. The summed E-state index contributed by atoms with van der Waals surface area (Å²) in [5.74, 6) is 0. The maximum absolute atomic E-state index is 13.0. The van der Waals surface area contributed by atoms with Crippen molar-refractivity contribution in [2.75, 3.05) is 20.6 Å². The Morgan fingerprint density at radius 1 is 1.17 bits per heavy atom. The zero-order valence-corrected chi connectivity index (χ0v) is 15.0. The van der Waals surface area contributed by atoms with Crippen LogP contribution >= 0.6 is 11.6 Å². The third kappa shape index (κ3) is 3.05.